The quantitative estimate of drug-likeness (QED) is 0.879. The lowest BCUT2D eigenvalue weighted by molar-refractivity contribution is 0.214. The van der Waals surface area contributed by atoms with E-state index in [-0.39, 0.29) is 5.82 Å². The van der Waals surface area contributed by atoms with Crippen LogP contribution in [0.4, 0.5) is 4.39 Å². The summed E-state index contributed by atoms with van der Waals surface area (Å²) in [6.45, 7) is 3.76. The first kappa shape index (κ1) is 14.2. The van der Waals surface area contributed by atoms with E-state index in [9.17, 15) is 9.50 Å². The average molecular weight is 323 g/mol. The van der Waals surface area contributed by atoms with Gasteiger partial charge >= 0.3 is 0 Å². The van der Waals surface area contributed by atoms with E-state index in [0.29, 0.717) is 21.2 Å². The van der Waals surface area contributed by atoms with Crippen molar-refractivity contribution in [2.24, 2.45) is 0 Å². The molecule has 3 heteroatoms. The third kappa shape index (κ3) is 2.88. The van der Waals surface area contributed by atoms with Crippen LogP contribution in [0.25, 0.3) is 0 Å². The summed E-state index contributed by atoms with van der Waals surface area (Å²) in [6.07, 6.45) is -0.0148. The number of aryl methyl sites for hydroxylation is 2. The SMILES string of the molecule is CCc1ccc(C(O)c2c(Br)ccc(C)c2F)cc1. The Kier molecular flexibility index (Phi) is 4.38. The number of rotatable bonds is 3. The van der Waals surface area contributed by atoms with Gasteiger partial charge in [0.15, 0.2) is 0 Å². The highest BCUT2D eigenvalue weighted by atomic mass is 79.9. The third-order valence-corrected chi connectivity index (χ3v) is 3.99. The Balaban J connectivity index is 2.43. The molecule has 2 rings (SSSR count). The Hall–Kier alpha value is -1.19. The van der Waals surface area contributed by atoms with Crippen LogP contribution in [0.2, 0.25) is 0 Å². The zero-order chi connectivity index (χ0) is 14.0. The van der Waals surface area contributed by atoms with Gasteiger partial charge in [0.25, 0.3) is 0 Å². The lowest BCUT2D eigenvalue weighted by Crippen LogP contribution is -2.05. The molecule has 0 bridgehead atoms. The topological polar surface area (TPSA) is 20.2 Å². The van der Waals surface area contributed by atoms with E-state index in [2.05, 4.69) is 22.9 Å². The Morgan fingerprint density at radius 1 is 1.16 bits per heavy atom. The van der Waals surface area contributed by atoms with Crippen molar-refractivity contribution in [1.29, 1.82) is 0 Å². The van der Waals surface area contributed by atoms with Gasteiger partial charge in [0.2, 0.25) is 0 Å². The molecular weight excluding hydrogens is 307 g/mol. The van der Waals surface area contributed by atoms with Crippen molar-refractivity contribution < 1.29 is 9.50 Å². The molecule has 19 heavy (non-hydrogen) atoms. The van der Waals surface area contributed by atoms with Crippen LogP contribution in [-0.4, -0.2) is 5.11 Å². The molecule has 2 aromatic rings. The van der Waals surface area contributed by atoms with Gasteiger partial charge in [-0.05, 0) is 36.1 Å². The predicted molar refractivity (Wildman–Crippen MR) is 78.7 cm³/mol. The molecule has 100 valence electrons. The molecule has 0 fully saturated rings. The van der Waals surface area contributed by atoms with Crippen LogP contribution in [0, 0.1) is 12.7 Å². The predicted octanol–water partition coefficient (Wildman–Crippen LogP) is 4.54. The molecule has 1 N–H and O–H groups in total. The maximum atomic E-state index is 14.2. The molecule has 0 spiro atoms. The average Bonchev–Trinajstić information content (AvgIpc) is 2.43. The standard InChI is InChI=1S/C16H16BrFO/c1-3-11-5-7-12(8-6-11)16(19)14-13(17)9-4-10(2)15(14)18/h4-9,16,19H,3H2,1-2H3. The molecule has 0 amide bonds. The third-order valence-electron chi connectivity index (χ3n) is 3.30. The largest absolute Gasteiger partial charge is 0.384 e. The van der Waals surface area contributed by atoms with Crippen LogP contribution in [0.1, 0.15) is 35.3 Å². The summed E-state index contributed by atoms with van der Waals surface area (Å²) in [6, 6.07) is 11.1. The number of aliphatic hydroxyl groups is 1. The number of hydrogen-bond donors (Lipinski definition) is 1. The van der Waals surface area contributed by atoms with E-state index >= 15 is 0 Å². The van der Waals surface area contributed by atoms with E-state index in [0.717, 1.165) is 6.42 Å². The van der Waals surface area contributed by atoms with Crippen LogP contribution >= 0.6 is 15.9 Å². The summed E-state index contributed by atoms with van der Waals surface area (Å²) >= 11 is 3.31. The fraction of sp³-hybridized carbons (Fsp3) is 0.250. The first-order valence-corrected chi connectivity index (χ1v) is 7.05. The summed E-state index contributed by atoms with van der Waals surface area (Å²) in [4.78, 5) is 0. The van der Waals surface area contributed by atoms with E-state index in [1.54, 1.807) is 19.1 Å². The first-order chi connectivity index (χ1) is 9.04. The maximum absolute atomic E-state index is 14.2. The summed E-state index contributed by atoms with van der Waals surface area (Å²) in [7, 11) is 0. The van der Waals surface area contributed by atoms with Gasteiger partial charge in [-0.25, -0.2) is 4.39 Å². The zero-order valence-electron chi connectivity index (χ0n) is 11.0. The molecule has 0 saturated heterocycles. The van der Waals surface area contributed by atoms with E-state index in [4.69, 9.17) is 0 Å². The van der Waals surface area contributed by atoms with E-state index in [1.807, 2.05) is 24.3 Å². The van der Waals surface area contributed by atoms with Gasteiger partial charge < -0.3 is 5.11 Å². The van der Waals surface area contributed by atoms with Crippen molar-refractivity contribution in [1.82, 2.24) is 0 Å². The highest BCUT2D eigenvalue weighted by Gasteiger charge is 2.19. The minimum Gasteiger partial charge on any atom is -0.384 e. The minimum absolute atomic E-state index is 0.296. The Morgan fingerprint density at radius 3 is 2.37 bits per heavy atom. The van der Waals surface area contributed by atoms with Crippen LogP contribution in [-0.2, 0) is 6.42 Å². The van der Waals surface area contributed by atoms with Gasteiger partial charge in [0.05, 0.1) is 0 Å². The summed E-state index contributed by atoms with van der Waals surface area (Å²) in [5.74, 6) is -0.360. The lowest BCUT2D eigenvalue weighted by Gasteiger charge is -2.16. The molecule has 1 unspecified atom stereocenters. The maximum Gasteiger partial charge on any atom is 0.133 e. The first-order valence-electron chi connectivity index (χ1n) is 6.26. The number of halogens is 2. The summed E-state index contributed by atoms with van der Waals surface area (Å²) in [5.41, 5.74) is 2.72. The van der Waals surface area contributed by atoms with Gasteiger partial charge in [0.1, 0.15) is 11.9 Å². The Bertz CT molecular complexity index is 578. The highest BCUT2D eigenvalue weighted by molar-refractivity contribution is 9.10. The van der Waals surface area contributed by atoms with Crippen molar-refractivity contribution in [3.05, 3.63) is 68.9 Å². The molecule has 0 saturated carbocycles. The molecule has 0 radical (unpaired) electrons. The van der Waals surface area contributed by atoms with E-state index < -0.39 is 6.10 Å². The van der Waals surface area contributed by atoms with Crippen molar-refractivity contribution in [3.63, 3.8) is 0 Å². The van der Waals surface area contributed by atoms with Gasteiger partial charge in [-0.2, -0.15) is 0 Å². The Morgan fingerprint density at radius 2 is 1.79 bits per heavy atom. The molecule has 0 heterocycles. The number of hydrogen-bond acceptors (Lipinski definition) is 1. The van der Waals surface area contributed by atoms with Crippen molar-refractivity contribution >= 4 is 15.9 Å². The van der Waals surface area contributed by atoms with Crippen LogP contribution in [0.5, 0.6) is 0 Å². The minimum atomic E-state index is -0.958. The highest BCUT2D eigenvalue weighted by Crippen LogP contribution is 2.32. The molecule has 2 aromatic carbocycles. The zero-order valence-corrected chi connectivity index (χ0v) is 12.5. The summed E-state index contributed by atoms with van der Waals surface area (Å²) in [5, 5.41) is 10.4. The van der Waals surface area contributed by atoms with Crippen molar-refractivity contribution in [2.75, 3.05) is 0 Å². The van der Waals surface area contributed by atoms with Gasteiger partial charge in [-0.15, -0.1) is 0 Å². The van der Waals surface area contributed by atoms with E-state index in [1.165, 1.54) is 5.56 Å². The normalized spacial score (nSPS) is 12.5. The second-order valence-corrected chi connectivity index (χ2v) is 5.44. The van der Waals surface area contributed by atoms with Gasteiger partial charge in [-0.1, -0.05) is 53.2 Å². The number of benzene rings is 2. The smallest absolute Gasteiger partial charge is 0.133 e. The lowest BCUT2D eigenvalue weighted by atomic mass is 9.98. The fourth-order valence-corrected chi connectivity index (χ4v) is 2.55. The number of aliphatic hydroxyl groups excluding tert-OH is 1. The van der Waals surface area contributed by atoms with Gasteiger partial charge in [0, 0.05) is 10.0 Å². The summed E-state index contributed by atoms with van der Waals surface area (Å²) < 4.78 is 14.7. The molecule has 1 atom stereocenters. The van der Waals surface area contributed by atoms with Crippen LogP contribution in [0.3, 0.4) is 0 Å². The molecule has 0 aliphatic heterocycles. The second-order valence-electron chi connectivity index (χ2n) is 4.59. The molecule has 0 aliphatic rings. The monoisotopic (exact) mass is 322 g/mol. The molecular formula is C16H16BrFO. The fourth-order valence-electron chi connectivity index (χ4n) is 2.03. The Labute approximate surface area is 121 Å². The van der Waals surface area contributed by atoms with Crippen molar-refractivity contribution in [2.45, 2.75) is 26.4 Å². The van der Waals surface area contributed by atoms with Crippen LogP contribution < -0.4 is 0 Å². The molecule has 0 aromatic heterocycles. The van der Waals surface area contributed by atoms with Crippen molar-refractivity contribution in [3.8, 4) is 0 Å². The molecule has 1 nitrogen and oxygen atoms in total. The van der Waals surface area contributed by atoms with Gasteiger partial charge in [-0.3, -0.25) is 0 Å². The second kappa shape index (κ2) is 5.85. The molecule has 0 aliphatic carbocycles. The van der Waals surface area contributed by atoms with Crippen LogP contribution in [0.15, 0.2) is 40.9 Å².